The Morgan fingerprint density at radius 3 is 2.60 bits per heavy atom. The molecule has 0 aliphatic heterocycles. The van der Waals surface area contributed by atoms with Crippen LogP contribution in [0, 0.1) is 0 Å². The highest BCUT2D eigenvalue weighted by Crippen LogP contribution is 2.28. The predicted octanol–water partition coefficient (Wildman–Crippen LogP) is 2.96. The molecule has 0 spiro atoms. The molecule has 104 valence electrons. The van der Waals surface area contributed by atoms with E-state index in [2.05, 4.69) is 4.98 Å². The zero-order chi connectivity index (χ0) is 14.6. The van der Waals surface area contributed by atoms with Crippen molar-refractivity contribution in [1.29, 1.82) is 0 Å². The molecule has 0 radical (unpaired) electrons. The molecule has 1 aromatic heterocycles. The number of ketones is 1. The zero-order valence-electron chi connectivity index (χ0n) is 10.2. The van der Waals surface area contributed by atoms with E-state index < -0.39 is 3.98 Å². The minimum Gasteiger partial charge on any atom is -0.423 e. The van der Waals surface area contributed by atoms with Crippen molar-refractivity contribution in [2.24, 2.45) is 0 Å². The van der Waals surface area contributed by atoms with Crippen LogP contribution < -0.4 is 9.30 Å². The van der Waals surface area contributed by atoms with E-state index in [1.165, 1.54) is 12.4 Å². The largest absolute Gasteiger partial charge is 0.423 e. The fourth-order valence-corrected chi connectivity index (χ4v) is 1.80. The second-order valence-corrected chi connectivity index (χ2v) is 6.08. The number of carbonyl (C=O) groups excluding carboxylic acids is 1. The van der Waals surface area contributed by atoms with Crippen molar-refractivity contribution in [2.45, 2.75) is 10.5 Å². The first-order valence-electron chi connectivity index (χ1n) is 5.63. The van der Waals surface area contributed by atoms with Crippen LogP contribution in [0.25, 0.3) is 0 Å². The van der Waals surface area contributed by atoms with E-state index in [-0.39, 0.29) is 18.2 Å². The van der Waals surface area contributed by atoms with Crippen molar-refractivity contribution in [3.8, 4) is 5.88 Å². The van der Waals surface area contributed by atoms with Gasteiger partial charge in [0.1, 0.15) is 0 Å². The summed E-state index contributed by atoms with van der Waals surface area (Å²) in [4.78, 5) is 15.9. The van der Waals surface area contributed by atoms with Crippen LogP contribution in [0.5, 0.6) is 5.88 Å². The first-order valence-corrected chi connectivity index (χ1v) is 6.76. The van der Waals surface area contributed by atoms with Crippen molar-refractivity contribution in [2.75, 3.05) is 0 Å². The maximum Gasteiger partial charge on any atom is 0.340 e. The van der Waals surface area contributed by atoms with Gasteiger partial charge in [0.15, 0.2) is 6.20 Å². The van der Waals surface area contributed by atoms with E-state index in [0.29, 0.717) is 5.56 Å². The van der Waals surface area contributed by atoms with E-state index in [4.69, 9.17) is 39.5 Å². The summed E-state index contributed by atoms with van der Waals surface area (Å²) in [6, 6.07) is 8.97. The molecule has 0 atom stereocenters. The predicted molar refractivity (Wildman–Crippen MR) is 76.1 cm³/mol. The molecule has 0 saturated heterocycles. The second kappa shape index (κ2) is 6.39. The van der Waals surface area contributed by atoms with Gasteiger partial charge in [0.25, 0.3) is 5.88 Å². The van der Waals surface area contributed by atoms with Gasteiger partial charge in [0, 0.05) is 5.56 Å². The van der Waals surface area contributed by atoms with Crippen LogP contribution in [0.3, 0.4) is 0 Å². The first kappa shape index (κ1) is 15.0. The summed E-state index contributed by atoms with van der Waals surface area (Å²) in [5, 5.41) is 0. The second-order valence-electron chi connectivity index (χ2n) is 3.90. The molecule has 0 bridgehead atoms. The highest BCUT2D eigenvalue weighted by molar-refractivity contribution is 6.66. The van der Waals surface area contributed by atoms with Crippen molar-refractivity contribution in [3.05, 3.63) is 54.5 Å². The lowest BCUT2D eigenvalue weighted by Gasteiger charge is -2.10. The number of alkyl halides is 3. The fraction of sp³-hybridized carbons (Fsp3) is 0.154. The summed E-state index contributed by atoms with van der Waals surface area (Å²) in [6.45, 7) is 0.142. The van der Waals surface area contributed by atoms with E-state index in [0.717, 1.165) is 0 Å². The normalized spacial score (nSPS) is 11.2. The lowest BCUT2D eigenvalue weighted by molar-refractivity contribution is -0.684. The number of aromatic nitrogens is 2. The first-order chi connectivity index (χ1) is 9.44. The summed E-state index contributed by atoms with van der Waals surface area (Å²) in [7, 11) is 0. The van der Waals surface area contributed by atoms with Crippen LogP contribution in [-0.2, 0) is 6.54 Å². The Hall–Kier alpha value is -1.36. The molecule has 2 rings (SSSR count). The molecule has 0 saturated carbocycles. The summed E-state index contributed by atoms with van der Waals surface area (Å²) in [5.41, 5.74) is 0.626. The minimum atomic E-state index is -1.89. The minimum absolute atomic E-state index is 0.0402. The molecule has 20 heavy (non-hydrogen) atoms. The zero-order valence-corrected chi connectivity index (χ0v) is 12.4. The van der Waals surface area contributed by atoms with Gasteiger partial charge in [-0.2, -0.15) is 4.57 Å². The highest BCUT2D eigenvalue weighted by atomic mass is 35.6. The van der Waals surface area contributed by atoms with Gasteiger partial charge in [-0.15, -0.1) is 0 Å². The molecule has 0 N–H and O–H groups in total. The van der Waals surface area contributed by atoms with E-state index in [1.54, 1.807) is 22.9 Å². The molecule has 0 amide bonds. The fourth-order valence-electron chi connectivity index (χ4n) is 1.56. The summed E-state index contributed by atoms with van der Waals surface area (Å²) in [5.74, 6) is 0.0787. The van der Waals surface area contributed by atoms with Gasteiger partial charge in [-0.25, -0.2) is 4.98 Å². The topological polar surface area (TPSA) is 43.1 Å². The average Bonchev–Trinajstić information content (AvgIpc) is 2.38. The van der Waals surface area contributed by atoms with Crippen molar-refractivity contribution in [1.82, 2.24) is 4.98 Å². The third-order valence-electron chi connectivity index (χ3n) is 2.38. The lowest BCUT2D eigenvalue weighted by Crippen LogP contribution is -2.37. The van der Waals surface area contributed by atoms with Crippen LogP contribution in [0.4, 0.5) is 0 Å². The number of Topliss-reactive ketones (excluding diaryl/α,β-unsaturated/α-hetero) is 1. The van der Waals surface area contributed by atoms with Gasteiger partial charge in [0.2, 0.25) is 18.5 Å². The molecular weight excluding hydrogens is 323 g/mol. The van der Waals surface area contributed by atoms with Crippen LogP contribution in [0.15, 0.2) is 48.9 Å². The third-order valence-corrected chi connectivity index (χ3v) is 2.61. The Morgan fingerprint density at radius 2 is 1.95 bits per heavy atom. The highest BCUT2D eigenvalue weighted by Gasteiger charge is 2.24. The Bertz CT molecular complexity index is 600. The molecule has 1 heterocycles. The van der Waals surface area contributed by atoms with Gasteiger partial charge in [-0.05, 0) is 34.8 Å². The molecule has 0 aliphatic rings. The quantitative estimate of drug-likeness (QED) is 0.491. The number of hydrogen-bond donors (Lipinski definition) is 0. The number of benzene rings is 1. The number of nitrogens with zero attached hydrogens (tertiary/aromatic N) is 2. The Kier molecular flexibility index (Phi) is 4.81. The standard InChI is InChI=1S/C13H10Cl3N2O2/c14-13(15,16)20-12-9-18(7-6-17-12)8-11(19)10-4-2-1-3-5-10/h1-7,9H,8H2/q+1. The van der Waals surface area contributed by atoms with E-state index in [9.17, 15) is 4.79 Å². The molecule has 0 fully saturated rings. The SMILES string of the molecule is O=C(C[n+]1ccnc(OC(Cl)(Cl)Cl)c1)c1ccccc1. The Morgan fingerprint density at radius 1 is 1.25 bits per heavy atom. The van der Waals surface area contributed by atoms with Crippen LogP contribution in [0.1, 0.15) is 10.4 Å². The summed E-state index contributed by atoms with van der Waals surface area (Å²) < 4.78 is 4.69. The summed E-state index contributed by atoms with van der Waals surface area (Å²) in [6.07, 6.45) is 4.58. The summed E-state index contributed by atoms with van der Waals surface area (Å²) >= 11 is 16.5. The Labute approximate surface area is 130 Å². The number of hydrogen-bond acceptors (Lipinski definition) is 3. The van der Waals surface area contributed by atoms with Gasteiger partial charge >= 0.3 is 3.98 Å². The average molecular weight is 333 g/mol. The van der Waals surface area contributed by atoms with E-state index >= 15 is 0 Å². The van der Waals surface area contributed by atoms with E-state index in [1.807, 2.05) is 18.2 Å². The van der Waals surface area contributed by atoms with Crippen molar-refractivity contribution in [3.63, 3.8) is 0 Å². The van der Waals surface area contributed by atoms with Crippen LogP contribution >= 0.6 is 34.8 Å². The maximum atomic E-state index is 12.1. The van der Waals surface area contributed by atoms with Gasteiger partial charge in [-0.3, -0.25) is 4.79 Å². The molecule has 2 aromatic rings. The number of carbonyl (C=O) groups is 1. The smallest absolute Gasteiger partial charge is 0.340 e. The third kappa shape index (κ3) is 4.63. The molecule has 0 aliphatic carbocycles. The number of ether oxygens (including phenoxy) is 1. The van der Waals surface area contributed by atoms with Crippen molar-refractivity contribution < 1.29 is 14.1 Å². The lowest BCUT2D eigenvalue weighted by atomic mass is 10.1. The Balaban J connectivity index is 2.10. The molecule has 4 nitrogen and oxygen atoms in total. The monoisotopic (exact) mass is 331 g/mol. The molecule has 1 aromatic carbocycles. The molecular formula is C13H10Cl3N2O2+. The van der Waals surface area contributed by atoms with Gasteiger partial charge in [-0.1, -0.05) is 30.3 Å². The van der Waals surface area contributed by atoms with Crippen molar-refractivity contribution >= 4 is 40.6 Å². The van der Waals surface area contributed by atoms with Crippen LogP contribution in [-0.4, -0.2) is 14.7 Å². The molecule has 7 heteroatoms. The number of halogens is 3. The van der Waals surface area contributed by atoms with Gasteiger partial charge < -0.3 is 4.74 Å². The van der Waals surface area contributed by atoms with Crippen LogP contribution in [0.2, 0.25) is 0 Å². The molecule has 0 unspecified atom stereocenters. The maximum absolute atomic E-state index is 12.1. The van der Waals surface area contributed by atoms with Gasteiger partial charge in [0.05, 0.1) is 6.20 Å². The number of rotatable bonds is 4.